The molecule has 16 heavy (non-hydrogen) atoms. The van der Waals surface area contributed by atoms with E-state index in [1.54, 1.807) is 19.1 Å². The molecule has 0 aliphatic rings. The zero-order valence-electron chi connectivity index (χ0n) is 8.96. The lowest BCUT2D eigenvalue weighted by Crippen LogP contribution is -1.98. The maximum atomic E-state index is 9.53. The molecule has 2 rings (SSSR count). The van der Waals surface area contributed by atoms with E-state index in [2.05, 4.69) is 4.98 Å². The van der Waals surface area contributed by atoms with Crippen molar-refractivity contribution in [2.75, 3.05) is 0 Å². The van der Waals surface area contributed by atoms with Crippen molar-refractivity contribution in [3.63, 3.8) is 0 Å². The molecule has 84 valence electrons. The molecule has 0 amide bonds. The summed E-state index contributed by atoms with van der Waals surface area (Å²) >= 11 is 12.2. The van der Waals surface area contributed by atoms with E-state index in [0.29, 0.717) is 21.3 Å². The second-order valence-corrected chi connectivity index (χ2v) is 4.61. The van der Waals surface area contributed by atoms with Crippen molar-refractivity contribution in [1.82, 2.24) is 4.98 Å². The van der Waals surface area contributed by atoms with Crippen LogP contribution in [0.1, 0.15) is 24.3 Å². The molecule has 0 fully saturated rings. The van der Waals surface area contributed by atoms with Crippen LogP contribution in [0, 0.1) is 6.92 Å². The second-order valence-electron chi connectivity index (χ2n) is 3.79. The summed E-state index contributed by atoms with van der Waals surface area (Å²) in [4.78, 5) is 4.33. The van der Waals surface area contributed by atoms with Crippen LogP contribution >= 0.6 is 23.2 Å². The predicted molar refractivity (Wildman–Crippen MR) is 67.1 cm³/mol. The fourth-order valence-electron chi connectivity index (χ4n) is 1.69. The highest BCUT2D eigenvalue weighted by Gasteiger charge is 2.11. The highest BCUT2D eigenvalue weighted by molar-refractivity contribution is 6.40. The van der Waals surface area contributed by atoms with E-state index in [4.69, 9.17) is 23.2 Å². The summed E-state index contributed by atoms with van der Waals surface area (Å²) in [5.74, 6) is 0. The highest BCUT2D eigenvalue weighted by Crippen LogP contribution is 2.32. The SMILES string of the molecule is Cc1cc(C(C)O)nc2c(Cl)ccc(Cl)c12. The number of fused-ring (bicyclic) bond motifs is 1. The minimum atomic E-state index is -0.613. The Morgan fingerprint density at radius 3 is 2.50 bits per heavy atom. The second kappa shape index (κ2) is 4.21. The topological polar surface area (TPSA) is 33.1 Å². The van der Waals surface area contributed by atoms with Gasteiger partial charge in [-0.15, -0.1) is 0 Å². The summed E-state index contributed by atoms with van der Waals surface area (Å²) in [6.45, 7) is 3.60. The number of aromatic nitrogens is 1. The van der Waals surface area contributed by atoms with Crippen LogP contribution in [0.5, 0.6) is 0 Å². The van der Waals surface area contributed by atoms with Crippen molar-refractivity contribution < 1.29 is 5.11 Å². The van der Waals surface area contributed by atoms with Crippen molar-refractivity contribution in [3.8, 4) is 0 Å². The maximum Gasteiger partial charge on any atom is 0.0932 e. The van der Waals surface area contributed by atoms with Crippen molar-refractivity contribution in [2.45, 2.75) is 20.0 Å². The summed E-state index contributed by atoms with van der Waals surface area (Å²) in [5.41, 5.74) is 2.22. The lowest BCUT2D eigenvalue weighted by atomic mass is 10.1. The largest absolute Gasteiger partial charge is 0.387 e. The van der Waals surface area contributed by atoms with E-state index in [1.165, 1.54) is 0 Å². The van der Waals surface area contributed by atoms with Crippen molar-refractivity contribution >= 4 is 34.1 Å². The van der Waals surface area contributed by atoms with E-state index in [0.717, 1.165) is 10.9 Å². The van der Waals surface area contributed by atoms with Gasteiger partial charge in [0, 0.05) is 5.39 Å². The molecule has 0 saturated heterocycles. The average Bonchev–Trinajstić information content (AvgIpc) is 2.22. The van der Waals surface area contributed by atoms with Gasteiger partial charge in [0.15, 0.2) is 0 Å². The van der Waals surface area contributed by atoms with E-state index in [-0.39, 0.29) is 0 Å². The van der Waals surface area contributed by atoms with Crippen molar-refractivity contribution in [2.24, 2.45) is 0 Å². The van der Waals surface area contributed by atoms with Crippen LogP contribution in [0.25, 0.3) is 10.9 Å². The van der Waals surface area contributed by atoms with Crippen LogP contribution in [0.15, 0.2) is 18.2 Å². The van der Waals surface area contributed by atoms with Gasteiger partial charge in [0.05, 0.1) is 27.4 Å². The minimum Gasteiger partial charge on any atom is -0.387 e. The lowest BCUT2D eigenvalue weighted by Gasteiger charge is -2.10. The first-order chi connectivity index (χ1) is 7.50. The van der Waals surface area contributed by atoms with Crippen molar-refractivity contribution in [1.29, 1.82) is 0 Å². The summed E-state index contributed by atoms with van der Waals surface area (Å²) in [7, 11) is 0. The van der Waals surface area contributed by atoms with Gasteiger partial charge in [-0.2, -0.15) is 0 Å². The Morgan fingerprint density at radius 1 is 1.25 bits per heavy atom. The van der Waals surface area contributed by atoms with Crippen molar-refractivity contribution in [3.05, 3.63) is 39.5 Å². The third kappa shape index (κ3) is 1.88. The van der Waals surface area contributed by atoms with E-state index < -0.39 is 6.10 Å². The summed E-state index contributed by atoms with van der Waals surface area (Å²) in [5, 5.41) is 11.5. The fourth-order valence-corrected chi connectivity index (χ4v) is 2.20. The molecular formula is C12H11Cl2NO. The minimum absolute atomic E-state index is 0.546. The predicted octanol–water partition coefficient (Wildman–Crippen LogP) is 3.90. The smallest absolute Gasteiger partial charge is 0.0932 e. The number of aliphatic hydroxyl groups excluding tert-OH is 1. The van der Waals surface area contributed by atoms with Gasteiger partial charge in [0.2, 0.25) is 0 Å². The number of pyridine rings is 1. The Hall–Kier alpha value is -0.830. The Kier molecular flexibility index (Phi) is 3.06. The van der Waals surface area contributed by atoms with E-state index >= 15 is 0 Å². The summed E-state index contributed by atoms with van der Waals surface area (Å²) in [6.07, 6.45) is -0.613. The lowest BCUT2D eigenvalue weighted by molar-refractivity contribution is 0.194. The molecule has 0 aliphatic heterocycles. The zero-order chi connectivity index (χ0) is 11.9. The molecule has 0 radical (unpaired) electrons. The molecule has 1 aromatic heterocycles. The molecule has 1 N–H and O–H groups in total. The van der Waals surface area contributed by atoms with Gasteiger partial charge in [-0.25, -0.2) is 4.98 Å². The van der Waals surface area contributed by atoms with Gasteiger partial charge in [-0.3, -0.25) is 0 Å². The third-order valence-corrected chi connectivity index (χ3v) is 3.13. The summed E-state index contributed by atoms with van der Waals surface area (Å²) < 4.78 is 0. The number of rotatable bonds is 1. The standard InChI is InChI=1S/C12H11Cl2NO/c1-6-5-10(7(2)16)15-12-9(14)4-3-8(13)11(6)12/h3-5,7,16H,1-2H3. The zero-order valence-corrected chi connectivity index (χ0v) is 10.5. The molecule has 1 heterocycles. The third-order valence-electron chi connectivity index (χ3n) is 2.51. The Labute approximate surface area is 104 Å². The number of aliphatic hydroxyl groups is 1. The highest BCUT2D eigenvalue weighted by atomic mass is 35.5. The number of hydrogen-bond donors (Lipinski definition) is 1. The van der Waals surface area contributed by atoms with Gasteiger partial charge in [0.1, 0.15) is 0 Å². The van der Waals surface area contributed by atoms with Gasteiger partial charge in [0.25, 0.3) is 0 Å². The van der Waals surface area contributed by atoms with Crippen LogP contribution < -0.4 is 0 Å². The first-order valence-corrected chi connectivity index (χ1v) is 5.69. The number of nitrogens with zero attached hydrogens (tertiary/aromatic N) is 1. The molecule has 0 bridgehead atoms. The van der Waals surface area contributed by atoms with Crippen LogP contribution in [-0.4, -0.2) is 10.1 Å². The van der Waals surface area contributed by atoms with Gasteiger partial charge >= 0.3 is 0 Å². The molecule has 0 saturated carbocycles. The van der Waals surface area contributed by atoms with E-state index in [1.807, 2.05) is 13.0 Å². The van der Waals surface area contributed by atoms with Gasteiger partial charge < -0.3 is 5.11 Å². The monoisotopic (exact) mass is 255 g/mol. The quantitative estimate of drug-likeness (QED) is 0.839. The molecule has 0 aliphatic carbocycles. The molecule has 1 unspecified atom stereocenters. The molecule has 1 aromatic carbocycles. The molecule has 2 aromatic rings. The van der Waals surface area contributed by atoms with Crippen LogP contribution in [0.2, 0.25) is 10.0 Å². The van der Waals surface area contributed by atoms with Gasteiger partial charge in [-0.1, -0.05) is 23.2 Å². The molecular weight excluding hydrogens is 245 g/mol. The maximum absolute atomic E-state index is 9.53. The summed E-state index contributed by atoms with van der Waals surface area (Å²) in [6, 6.07) is 5.29. The van der Waals surface area contributed by atoms with E-state index in [9.17, 15) is 5.11 Å². The molecule has 2 nitrogen and oxygen atoms in total. The normalized spacial score (nSPS) is 13.1. The fraction of sp³-hybridized carbons (Fsp3) is 0.250. The Morgan fingerprint density at radius 2 is 1.88 bits per heavy atom. The Bertz CT molecular complexity index is 552. The molecule has 4 heteroatoms. The number of halogens is 2. The molecule has 1 atom stereocenters. The van der Waals surface area contributed by atoms with Gasteiger partial charge in [-0.05, 0) is 37.6 Å². The van der Waals surface area contributed by atoms with Crippen LogP contribution in [0.4, 0.5) is 0 Å². The molecule has 0 spiro atoms. The first-order valence-electron chi connectivity index (χ1n) is 4.94. The average molecular weight is 256 g/mol. The first kappa shape index (κ1) is 11.6. The van der Waals surface area contributed by atoms with Crippen LogP contribution in [-0.2, 0) is 0 Å². The van der Waals surface area contributed by atoms with Crippen LogP contribution in [0.3, 0.4) is 0 Å². The number of hydrogen-bond acceptors (Lipinski definition) is 2. The number of aryl methyl sites for hydroxylation is 1. The Balaban J connectivity index is 2.86. The number of benzene rings is 1.